The molecule has 0 aliphatic carbocycles. The van der Waals surface area contributed by atoms with E-state index in [-0.39, 0.29) is 12.5 Å². The molecule has 1 aromatic carbocycles. The molecule has 0 aliphatic heterocycles. The van der Waals surface area contributed by atoms with Crippen LogP contribution in [0.5, 0.6) is 5.75 Å². The standard InChI is InChI=1S/C13H17N5O2/c1-9-5-10(3-4-12(9)20-2)15-13(19)8-18-7-11(6-14)16-17-18/h3-5,7H,6,8,14H2,1-2H3,(H,15,19). The molecule has 0 bridgehead atoms. The molecule has 0 aliphatic rings. The van der Waals surface area contributed by atoms with Gasteiger partial charge in [0.1, 0.15) is 12.3 Å². The summed E-state index contributed by atoms with van der Waals surface area (Å²) in [6.45, 7) is 2.32. The van der Waals surface area contributed by atoms with Crippen molar-refractivity contribution in [3.05, 3.63) is 35.7 Å². The Morgan fingerprint density at radius 2 is 2.30 bits per heavy atom. The molecule has 0 spiro atoms. The highest BCUT2D eigenvalue weighted by Crippen LogP contribution is 2.21. The zero-order valence-electron chi connectivity index (χ0n) is 11.5. The Labute approximate surface area is 116 Å². The predicted molar refractivity (Wildman–Crippen MR) is 74.3 cm³/mol. The van der Waals surface area contributed by atoms with Crippen molar-refractivity contribution < 1.29 is 9.53 Å². The van der Waals surface area contributed by atoms with Crippen LogP contribution in [0.1, 0.15) is 11.3 Å². The zero-order valence-corrected chi connectivity index (χ0v) is 11.5. The third kappa shape index (κ3) is 3.33. The Hall–Kier alpha value is -2.41. The van der Waals surface area contributed by atoms with Crippen LogP contribution < -0.4 is 15.8 Å². The second-order valence-corrected chi connectivity index (χ2v) is 4.34. The summed E-state index contributed by atoms with van der Waals surface area (Å²) in [7, 11) is 1.61. The van der Waals surface area contributed by atoms with Crippen LogP contribution in [0.4, 0.5) is 5.69 Å². The second-order valence-electron chi connectivity index (χ2n) is 4.34. The molecule has 0 fully saturated rings. The number of methoxy groups -OCH3 is 1. The van der Waals surface area contributed by atoms with E-state index < -0.39 is 0 Å². The summed E-state index contributed by atoms with van der Waals surface area (Å²) in [5, 5.41) is 10.4. The van der Waals surface area contributed by atoms with Crippen LogP contribution in [0.3, 0.4) is 0 Å². The van der Waals surface area contributed by atoms with E-state index >= 15 is 0 Å². The minimum absolute atomic E-state index is 0.0953. The molecule has 0 saturated carbocycles. The fourth-order valence-electron chi connectivity index (χ4n) is 1.81. The van der Waals surface area contributed by atoms with Gasteiger partial charge < -0.3 is 15.8 Å². The first-order chi connectivity index (χ1) is 9.62. The summed E-state index contributed by atoms with van der Waals surface area (Å²) >= 11 is 0. The van der Waals surface area contributed by atoms with Gasteiger partial charge in [-0.3, -0.25) is 4.79 Å². The van der Waals surface area contributed by atoms with Crippen LogP contribution in [0.2, 0.25) is 0 Å². The first-order valence-electron chi connectivity index (χ1n) is 6.16. The first kappa shape index (κ1) is 14.0. The van der Waals surface area contributed by atoms with Crippen molar-refractivity contribution in [3.63, 3.8) is 0 Å². The number of carbonyl (C=O) groups is 1. The van der Waals surface area contributed by atoms with Gasteiger partial charge in [0.2, 0.25) is 5.91 Å². The molecule has 0 unspecified atom stereocenters. The van der Waals surface area contributed by atoms with E-state index in [4.69, 9.17) is 10.5 Å². The summed E-state index contributed by atoms with van der Waals surface area (Å²) in [6.07, 6.45) is 1.65. The summed E-state index contributed by atoms with van der Waals surface area (Å²) in [4.78, 5) is 11.9. The van der Waals surface area contributed by atoms with Crippen molar-refractivity contribution in [1.82, 2.24) is 15.0 Å². The Bertz CT molecular complexity index is 609. The molecular formula is C13H17N5O2. The van der Waals surface area contributed by atoms with E-state index in [2.05, 4.69) is 15.6 Å². The lowest BCUT2D eigenvalue weighted by Crippen LogP contribution is -2.19. The van der Waals surface area contributed by atoms with Gasteiger partial charge in [0, 0.05) is 12.2 Å². The highest BCUT2D eigenvalue weighted by atomic mass is 16.5. The fraction of sp³-hybridized carbons (Fsp3) is 0.308. The normalized spacial score (nSPS) is 10.3. The second kappa shape index (κ2) is 6.16. The summed E-state index contributed by atoms with van der Waals surface area (Å²) in [6, 6.07) is 5.45. The number of ether oxygens (including phenoxy) is 1. The number of nitrogens with two attached hydrogens (primary N) is 1. The molecule has 7 heteroatoms. The quantitative estimate of drug-likeness (QED) is 0.837. The summed E-state index contributed by atoms with van der Waals surface area (Å²) in [5.41, 5.74) is 7.75. The van der Waals surface area contributed by atoms with E-state index in [1.165, 1.54) is 4.68 Å². The van der Waals surface area contributed by atoms with Crippen molar-refractivity contribution >= 4 is 11.6 Å². The topological polar surface area (TPSA) is 95.1 Å². The highest BCUT2D eigenvalue weighted by Gasteiger charge is 2.07. The van der Waals surface area contributed by atoms with Crippen LogP contribution in [-0.4, -0.2) is 28.0 Å². The lowest BCUT2D eigenvalue weighted by molar-refractivity contribution is -0.116. The summed E-state index contributed by atoms with van der Waals surface area (Å²) < 4.78 is 6.62. The minimum Gasteiger partial charge on any atom is -0.496 e. The Morgan fingerprint density at radius 3 is 2.90 bits per heavy atom. The third-order valence-electron chi connectivity index (χ3n) is 2.78. The van der Waals surface area contributed by atoms with Crippen LogP contribution in [0.25, 0.3) is 0 Å². The number of aromatic nitrogens is 3. The number of aryl methyl sites for hydroxylation is 1. The zero-order chi connectivity index (χ0) is 14.5. The molecule has 0 atom stereocenters. The molecule has 1 aromatic heterocycles. The number of carbonyl (C=O) groups excluding carboxylic acids is 1. The Kier molecular flexibility index (Phi) is 4.31. The molecule has 2 rings (SSSR count). The van der Waals surface area contributed by atoms with Crippen molar-refractivity contribution in [2.75, 3.05) is 12.4 Å². The van der Waals surface area contributed by atoms with Gasteiger partial charge in [-0.05, 0) is 30.7 Å². The number of benzene rings is 1. The number of amides is 1. The van der Waals surface area contributed by atoms with E-state index in [0.717, 1.165) is 11.3 Å². The van der Waals surface area contributed by atoms with Crippen LogP contribution in [-0.2, 0) is 17.9 Å². The lowest BCUT2D eigenvalue weighted by Gasteiger charge is -2.08. The molecular weight excluding hydrogens is 258 g/mol. The van der Waals surface area contributed by atoms with Gasteiger partial charge in [0.05, 0.1) is 19.0 Å². The van der Waals surface area contributed by atoms with Gasteiger partial charge in [-0.2, -0.15) is 0 Å². The maximum atomic E-state index is 11.9. The monoisotopic (exact) mass is 275 g/mol. The first-order valence-corrected chi connectivity index (χ1v) is 6.16. The van der Waals surface area contributed by atoms with E-state index in [1.54, 1.807) is 19.4 Å². The van der Waals surface area contributed by atoms with Gasteiger partial charge in [-0.1, -0.05) is 5.21 Å². The lowest BCUT2D eigenvalue weighted by atomic mass is 10.2. The molecule has 2 aromatic rings. The predicted octanol–water partition coefficient (Wildman–Crippen LogP) is 0.693. The molecule has 1 amide bonds. The van der Waals surface area contributed by atoms with Crippen LogP contribution >= 0.6 is 0 Å². The van der Waals surface area contributed by atoms with Crippen molar-refractivity contribution in [2.24, 2.45) is 5.73 Å². The smallest absolute Gasteiger partial charge is 0.246 e. The van der Waals surface area contributed by atoms with E-state index in [1.807, 2.05) is 19.1 Å². The van der Waals surface area contributed by atoms with Crippen molar-refractivity contribution in [3.8, 4) is 5.75 Å². The average Bonchev–Trinajstić information content (AvgIpc) is 2.86. The number of nitrogens with zero attached hydrogens (tertiary/aromatic N) is 3. The van der Waals surface area contributed by atoms with Crippen molar-refractivity contribution in [2.45, 2.75) is 20.0 Å². The number of hydrogen-bond donors (Lipinski definition) is 2. The number of rotatable bonds is 5. The molecule has 1 heterocycles. The molecule has 3 N–H and O–H groups in total. The van der Waals surface area contributed by atoms with E-state index in [0.29, 0.717) is 17.9 Å². The number of anilines is 1. The van der Waals surface area contributed by atoms with Crippen LogP contribution in [0, 0.1) is 6.92 Å². The summed E-state index contributed by atoms with van der Waals surface area (Å²) in [5.74, 6) is 0.606. The maximum absolute atomic E-state index is 11.9. The molecule has 0 radical (unpaired) electrons. The average molecular weight is 275 g/mol. The van der Waals surface area contributed by atoms with Gasteiger partial charge >= 0.3 is 0 Å². The van der Waals surface area contributed by atoms with Crippen LogP contribution in [0.15, 0.2) is 24.4 Å². The minimum atomic E-state index is -0.178. The fourth-order valence-corrected chi connectivity index (χ4v) is 1.81. The molecule has 7 nitrogen and oxygen atoms in total. The molecule has 0 saturated heterocycles. The highest BCUT2D eigenvalue weighted by molar-refractivity contribution is 5.90. The number of nitrogens with one attached hydrogen (secondary N) is 1. The molecule has 106 valence electrons. The third-order valence-corrected chi connectivity index (χ3v) is 2.78. The van der Waals surface area contributed by atoms with E-state index in [9.17, 15) is 4.79 Å². The SMILES string of the molecule is COc1ccc(NC(=O)Cn2cc(CN)nn2)cc1C. The maximum Gasteiger partial charge on any atom is 0.246 e. The Morgan fingerprint density at radius 1 is 1.50 bits per heavy atom. The Balaban J connectivity index is 1.99. The largest absolute Gasteiger partial charge is 0.496 e. The van der Waals surface area contributed by atoms with Gasteiger partial charge in [0.25, 0.3) is 0 Å². The molecule has 20 heavy (non-hydrogen) atoms. The van der Waals surface area contributed by atoms with Gasteiger partial charge in [0.15, 0.2) is 0 Å². The number of hydrogen-bond acceptors (Lipinski definition) is 5. The van der Waals surface area contributed by atoms with Gasteiger partial charge in [-0.15, -0.1) is 5.10 Å². The van der Waals surface area contributed by atoms with Crippen molar-refractivity contribution in [1.29, 1.82) is 0 Å². The van der Waals surface area contributed by atoms with Gasteiger partial charge in [-0.25, -0.2) is 4.68 Å².